The number of ether oxygens (including phenoxy) is 1. The third-order valence-corrected chi connectivity index (χ3v) is 5.03. The maximum atomic E-state index is 12.6. The zero-order chi connectivity index (χ0) is 20.4. The van der Waals surface area contributed by atoms with Gasteiger partial charge < -0.3 is 25.2 Å². The standard InChI is InChI=1S/C20H21N5O4/c1-21-18(26)14-7-8-15-17(22-14)23-19(27)16-11-24(9-10-25(15)16)20(28)29-12-13-5-3-2-4-6-13/h2-8,16H,9-12H2,1H3,(H,21,26)(H,22,23,27). The van der Waals surface area contributed by atoms with Crippen LogP contribution in [0.25, 0.3) is 0 Å². The van der Waals surface area contributed by atoms with Crippen LogP contribution in [-0.4, -0.2) is 60.5 Å². The first-order valence-electron chi connectivity index (χ1n) is 9.33. The molecular formula is C20H21N5O4. The van der Waals surface area contributed by atoms with E-state index in [0.29, 0.717) is 18.9 Å². The first kappa shape index (κ1) is 18.7. The highest BCUT2D eigenvalue weighted by Crippen LogP contribution is 2.32. The van der Waals surface area contributed by atoms with Gasteiger partial charge >= 0.3 is 6.09 Å². The van der Waals surface area contributed by atoms with Crippen LogP contribution in [0.2, 0.25) is 0 Å². The summed E-state index contributed by atoms with van der Waals surface area (Å²) in [6.45, 7) is 1.29. The molecule has 4 rings (SSSR count). The summed E-state index contributed by atoms with van der Waals surface area (Å²) in [7, 11) is 1.52. The van der Waals surface area contributed by atoms with E-state index in [4.69, 9.17) is 4.74 Å². The average molecular weight is 395 g/mol. The van der Waals surface area contributed by atoms with Crippen molar-refractivity contribution in [1.82, 2.24) is 15.2 Å². The number of fused-ring (bicyclic) bond motifs is 3. The van der Waals surface area contributed by atoms with Gasteiger partial charge in [-0.3, -0.25) is 9.59 Å². The van der Waals surface area contributed by atoms with Gasteiger partial charge in [-0.15, -0.1) is 0 Å². The number of hydrogen-bond acceptors (Lipinski definition) is 6. The second-order valence-corrected chi connectivity index (χ2v) is 6.83. The fourth-order valence-electron chi connectivity index (χ4n) is 3.50. The Kier molecular flexibility index (Phi) is 5.03. The molecule has 9 nitrogen and oxygen atoms in total. The number of pyridine rings is 1. The average Bonchev–Trinajstić information content (AvgIpc) is 2.77. The summed E-state index contributed by atoms with van der Waals surface area (Å²) in [5.74, 6) is -0.234. The van der Waals surface area contributed by atoms with E-state index in [-0.39, 0.29) is 30.7 Å². The van der Waals surface area contributed by atoms with Crippen molar-refractivity contribution in [3.63, 3.8) is 0 Å². The molecule has 1 unspecified atom stereocenters. The molecule has 2 aliphatic heterocycles. The Bertz CT molecular complexity index is 949. The molecule has 1 atom stereocenters. The zero-order valence-corrected chi connectivity index (χ0v) is 15.9. The molecule has 0 spiro atoms. The summed E-state index contributed by atoms with van der Waals surface area (Å²) in [6.07, 6.45) is -0.444. The summed E-state index contributed by atoms with van der Waals surface area (Å²) in [5.41, 5.74) is 1.87. The number of rotatable bonds is 3. The minimum absolute atomic E-state index is 0.186. The fourth-order valence-corrected chi connectivity index (χ4v) is 3.50. The Balaban J connectivity index is 1.45. The van der Waals surface area contributed by atoms with Gasteiger partial charge in [-0.2, -0.15) is 0 Å². The van der Waals surface area contributed by atoms with Crippen molar-refractivity contribution in [2.45, 2.75) is 12.6 Å². The molecule has 3 amide bonds. The molecule has 0 bridgehead atoms. The molecule has 2 aliphatic rings. The minimum atomic E-state index is -0.534. The second-order valence-electron chi connectivity index (χ2n) is 6.83. The summed E-state index contributed by atoms with van der Waals surface area (Å²) < 4.78 is 5.39. The van der Waals surface area contributed by atoms with Crippen LogP contribution in [0.1, 0.15) is 16.1 Å². The van der Waals surface area contributed by atoms with Crippen LogP contribution in [0.3, 0.4) is 0 Å². The summed E-state index contributed by atoms with van der Waals surface area (Å²) in [5, 5.41) is 5.26. The van der Waals surface area contributed by atoms with Gasteiger partial charge in [0.1, 0.15) is 18.3 Å². The lowest BCUT2D eigenvalue weighted by molar-refractivity contribution is -0.118. The lowest BCUT2D eigenvalue weighted by Crippen LogP contribution is -2.61. The van der Waals surface area contributed by atoms with Crippen molar-refractivity contribution in [1.29, 1.82) is 0 Å². The molecule has 0 saturated carbocycles. The van der Waals surface area contributed by atoms with Crippen LogP contribution in [0, 0.1) is 0 Å². The van der Waals surface area contributed by atoms with E-state index in [1.807, 2.05) is 35.2 Å². The first-order chi connectivity index (χ1) is 14.1. The molecule has 29 heavy (non-hydrogen) atoms. The van der Waals surface area contributed by atoms with E-state index in [0.717, 1.165) is 11.3 Å². The third-order valence-electron chi connectivity index (χ3n) is 5.03. The number of amides is 3. The van der Waals surface area contributed by atoms with Crippen LogP contribution in [0.5, 0.6) is 0 Å². The monoisotopic (exact) mass is 395 g/mol. The largest absolute Gasteiger partial charge is 0.445 e. The van der Waals surface area contributed by atoms with E-state index in [1.165, 1.54) is 7.05 Å². The van der Waals surface area contributed by atoms with Crippen LogP contribution < -0.4 is 15.5 Å². The van der Waals surface area contributed by atoms with Gasteiger partial charge in [0.15, 0.2) is 5.82 Å². The van der Waals surface area contributed by atoms with Crippen molar-refractivity contribution in [3.05, 3.63) is 53.7 Å². The maximum Gasteiger partial charge on any atom is 0.410 e. The van der Waals surface area contributed by atoms with E-state index in [1.54, 1.807) is 17.0 Å². The predicted octanol–water partition coefficient (Wildman–Crippen LogP) is 1.22. The number of nitrogens with one attached hydrogen (secondary N) is 2. The topological polar surface area (TPSA) is 104 Å². The summed E-state index contributed by atoms with van der Waals surface area (Å²) in [4.78, 5) is 44.6. The molecule has 3 heterocycles. The van der Waals surface area contributed by atoms with Crippen LogP contribution in [0.15, 0.2) is 42.5 Å². The number of aromatic nitrogens is 1. The van der Waals surface area contributed by atoms with E-state index in [2.05, 4.69) is 15.6 Å². The van der Waals surface area contributed by atoms with Gasteiger partial charge in [0.05, 0.1) is 12.2 Å². The number of carbonyl (C=O) groups excluding carboxylic acids is 3. The normalized spacial score (nSPS) is 17.7. The molecule has 150 valence electrons. The van der Waals surface area contributed by atoms with Gasteiger partial charge in [0.25, 0.3) is 5.91 Å². The molecule has 2 aromatic rings. The number of nitrogens with zero attached hydrogens (tertiary/aromatic N) is 3. The van der Waals surface area contributed by atoms with Crippen molar-refractivity contribution in [3.8, 4) is 0 Å². The number of benzene rings is 1. The van der Waals surface area contributed by atoms with Gasteiger partial charge in [0, 0.05) is 20.1 Å². The lowest BCUT2D eigenvalue weighted by atomic mass is 10.1. The van der Waals surface area contributed by atoms with Gasteiger partial charge in [-0.05, 0) is 17.7 Å². The SMILES string of the molecule is CNC(=O)c1ccc2c(n1)NC(=O)C1CN(C(=O)OCc3ccccc3)CCN21. The lowest BCUT2D eigenvalue weighted by Gasteiger charge is -2.44. The molecule has 1 aromatic heterocycles. The molecular weight excluding hydrogens is 374 g/mol. The third kappa shape index (κ3) is 3.71. The van der Waals surface area contributed by atoms with Crippen LogP contribution in [-0.2, 0) is 16.1 Å². The van der Waals surface area contributed by atoms with Crippen LogP contribution in [0.4, 0.5) is 16.3 Å². The Morgan fingerprint density at radius 3 is 2.76 bits per heavy atom. The second kappa shape index (κ2) is 7.78. The predicted molar refractivity (Wildman–Crippen MR) is 106 cm³/mol. The van der Waals surface area contributed by atoms with Gasteiger partial charge in [-0.1, -0.05) is 30.3 Å². The highest BCUT2D eigenvalue weighted by Gasteiger charge is 2.39. The number of anilines is 2. The Labute approximate surface area is 167 Å². The Morgan fingerprint density at radius 2 is 2.00 bits per heavy atom. The Hall–Kier alpha value is -3.62. The smallest absolute Gasteiger partial charge is 0.410 e. The first-order valence-corrected chi connectivity index (χ1v) is 9.33. The van der Waals surface area contributed by atoms with Crippen molar-refractivity contribution in [2.24, 2.45) is 0 Å². The number of carbonyl (C=O) groups is 3. The van der Waals surface area contributed by atoms with E-state index in [9.17, 15) is 14.4 Å². The van der Waals surface area contributed by atoms with Crippen LogP contribution >= 0.6 is 0 Å². The number of hydrogen-bond donors (Lipinski definition) is 2. The van der Waals surface area contributed by atoms with E-state index < -0.39 is 12.1 Å². The van der Waals surface area contributed by atoms with Gasteiger partial charge in [0.2, 0.25) is 5.91 Å². The molecule has 2 N–H and O–H groups in total. The Morgan fingerprint density at radius 1 is 1.21 bits per heavy atom. The summed E-state index contributed by atoms with van der Waals surface area (Å²) in [6, 6.07) is 12.3. The van der Waals surface area contributed by atoms with Crippen molar-refractivity contribution < 1.29 is 19.1 Å². The fraction of sp³-hybridized carbons (Fsp3) is 0.300. The number of piperazine rings is 1. The highest BCUT2D eigenvalue weighted by atomic mass is 16.6. The summed E-state index contributed by atoms with van der Waals surface area (Å²) >= 11 is 0. The maximum absolute atomic E-state index is 12.6. The quantitative estimate of drug-likeness (QED) is 0.810. The highest BCUT2D eigenvalue weighted by molar-refractivity contribution is 6.04. The van der Waals surface area contributed by atoms with Crippen molar-refractivity contribution in [2.75, 3.05) is 36.9 Å². The molecule has 9 heteroatoms. The van der Waals surface area contributed by atoms with Crippen molar-refractivity contribution >= 4 is 29.4 Å². The minimum Gasteiger partial charge on any atom is -0.445 e. The molecule has 1 saturated heterocycles. The molecule has 0 aliphatic carbocycles. The molecule has 1 fully saturated rings. The zero-order valence-electron chi connectivity index (χ0n) is 15.9. The molecule has 1 aromatic carbocycles. The van der Waals surface area contributed by atoms with Gasteiger partial charge in [-0.25, -0.2) is 9.78 Å². The van der Waals surface area contributed by atoms with E-state index >= 15 is 0 Å². The molecule has 0 radical (unpaired) electrons.